The lowest BCUT2D eigenvalue weighted by Gasteiger charge is -2.13. The maximum absolute atomic E-state index is 13.3. The number of aromatic nitrogens is 2. The first-order valence-electron chi connectivity index (χ1n) is 12.8. The van der Waals surface area contributed by atoms with Gasteiger partial charge >= 0.3 is 0 Å². The summed E-state index contributed by atoms with van der Waals surface area (Å²) in [5, 5.41) is 4.96. The molecule has 0 spiro atoms. The van der Waals surface area contributed by atoms with Crippen molar-refractivity contribution in [3.05, 3.63) is 78.0 Å². The Kier molecular flexibility index (Phi) is 7.54. The van der Waals surface area contributed by atoms with Crippen LogP contribution < -0.4 is 24.3 Å². The fourth-order valence-electron chi connectivity index (χ4n) is 4.71. The Morgan fingerprint density at radius 2 is 1.59 bits per heavy atom. The summed E-state index contributed by atoms with van der Waals surface area (Å²) in [5.41, 5.74) is 4.66. The van der Waals surface area contributed by atoms with E-state index >= 15 is 0 Å². The molecule has 3 aromatic carbocycles. The molecule has 2 N–H and O–H groups in total. The minimum Gasteiger partial charge on any atom is -0.493 e. The molecule has 5 rings (SSSR count). The molecule has 0 aliphatic carbocycles. The monoisotopic (exact) mass is 525 g/mol. The van der Waals surface area contributed by atoms with Crippen molar-refractivity contribution in [1.82, 2.24) is 15.3 Å². The molecule has 0 aliphatic rings. The smallest absolute Gasteiger partial charge is 0.269 e. The molecule has 2 heterocycles. The van der Waals surface area contributed by atoms with Crippen LogP contribution in [0.2, 0.25) is 0 Å². The molecule has 39 heavy (non-hydrogen) atoms. The highest BCUT2D eigenvalue weighted by molar-refractivity contribution is 6.13. The Morgan fingerprint density at radius 1 is 0.846 bits per heavy atom. The van der Waals surface area contributed by atoms with E-state index in [-0.39, 0.29) is 5.91 Å². The fraction of sp³-hybridized carbons (Fsp3) is 0.226. The number of hydrogen-bond donors (Lipinski definition) is 2. The zero-order chi connectivity index (χ0) is 27.4. The molecule has 0 unspecified atom stereocenters. The van der Waals surface area contributed by atoms with Gasteiger partial charge in [0.05, 0.1) is 39.1 Å². The maximum Gasteiger partial charge on any atom is 0.269 e. The summed E-state index contributed by atoms with van der Waals surface area (Å²) in [4.78, 5) is 21.6. The molecular formula is C31H31N3O5. The number of carbonyl (C=O) groups excluding carboxylic acids is 1. The number of fused-ring (bicyclic) bond motifs is 3. The van der Waals surface area contributed by atoms with E-state index in [1.165, 1.54) is 0 Å². The quantitative estimate of drug-likeness (QED) is 0.240. The topological polar surface area (TPSA) is 94.7 Å². The molecule has 0 aliphatic heterocycles. The molecule has 0 radical (unpaired) electrons. The largest absolute Gasteiger partial charge is 0.493 e. The number of rotatable bonds is 10. The van der Waals surface area contributed by atoms with Crippen LogP contribution >= 0.6 is 0 Å². The maximum atomic E-state index is 13.3. The zero-order valence-electron chi connectivity index (χ0n) is 22.5. The van der Waals surface area contributed by atoms with Gasteiger partial charge in [-0.1, -0.05) is 24.3 Å². The van der Waals surface area contributed by atoms with Gasteiger partial charge in [-0.15, -0.1) is 0 Å². The van der Waals surface area contributed by atoms with E-state index in [1.807, 2.05) is 73.7 Å². The summed E-state index contributed by atoms with van der Waals surface area (Å²) in [6.07, 6.45) is 0.629. The van der Waals surface area contributed by atoms with Crippen molar-refractivity contribution in [2.75, 3.05) is 34.5 Å². The van der Waals surface area contributed by atoms with Crippen molar-refractivity contribution >= 4 is 27.7 Å². The van der Waals surface area contributed by atoms with E-state index in [4.69, 9.17) is 23.9 Å². The number of carbonyl (C=O) groups is 1. The van der Waals surface area contributed by atoms with Crippen LogP contribution in [0.3, 0.4) is 0 Å². The first-order valence-corrected chi connectivity index (χ1v) is 12.8. The standard InChI is InChI=1S/C31H31N3O5/c1-5-39-26-13-11-20(17-28(26)38-4)29-30-22(21-8-6-7-9-23(21)33-30)18-24(34-29)31(35)32-15-14-19-10-12-25(36-2)27(16-19)37-3/h6-13,16-18,33H,5,14-15H2,1-4H3,(H,32,35). The molecule has 0 atom stereocenters. The first-order chi connectivity index (χ1) is 19.1. The second kappa shape index (κ2) is 11.3. The number of nitrogens with one attached hydrogen (secondary N) is 2. The number of benzene rings is 3. The third kappa shape index (κ3) is 5.18. The highest BCUT2D eigenvalue weighted by Crippen LogP contribution is 2.37. The lowest BCUT2D eigenvalue weighted by atomic mass is 10.1. The van der Waals surface area contributed by atoms with E-state index in [2.05, 4.69) is 10.3 Å². The summed E-state index contributed by atoms with van der Waals surface area (Å²) in [6.45, 7) is 2.89. The second-order valence-electron chi connectivity index (χ2n) is 8.94. The van der Waals surface area contributed by atoms with Crippen LogP contribution in [0.4, 0.5) is 0 Å². The minimum absolute atomic E-state index is 0.248. The average Bonchev–Trinajstić information content (AvgIpc) is 3.35. The van der Waals surface area contributed by atoms with Crippen molar-refractivity contribution in [3.8, 4) is 34.3 Å². The number of ether oxygens (including phenoxy) is 4. The predicted molar refractivity (Wildman–Crippen MR) is 152 cm³/mol. The lowest BCUT2D eigenvalue weighted by molar-refractivity contribution is 0.0949. The number of H-pyrrole nitrogens is 1. The van der Waals surface area contributed by atoms with Crippen LogP contribution in [0.5, 0.6) is 23.0 Å². The minimum atomic E-state index is -0.248. The third-order valence-corrected chi connectivity index (χ3v) is 6.61. The Hall–Kier alpha value is -4.72. The second-order valence-corrected chi connectivity index (χ2v) is 8.94. The predicted octanol–water partition coefficient (Wildman–Crippen LogP) is 5.78. The van der Waals surface area contributed by atoms with E-state index in [1.54, 1.807) is 21.3 Å². The number of amides is 1. The van der Waals surface area contributed by atoms with Crippen molar-refractivity contribution in [3.63, 3.8) is 0 Å². The number of para-hydroxylation sites is 1. The van der Waals surface area contributed by atoms with Crippen molar-refractivity contribution < 1.29 is 23.7 Å². The molecule has 0 saturated carbocycles. The van der Waals surface area contributed by atoms with Crippen LogP contribution in [0.15, 0.2) is 66.7 Å². The zero-order valence-corrected chi connectivity index (χ0v) is 22.5. The molecular weight excluding hydrogens is 494 g/mol. The molecule has 8 heteroatoms. The number of pyridine rings is 1. The van der Waals surface area contributed by atoms with Gasteiger partial charge < -0.3 is 29.2 Å². The molecule has 2 aromatic heterocycles. The summed E-state index contributed by atoms with van der Waals surface area (Å²) in [6, 6.07) is 21.3. The lowest BCUT2D eigenvalue weighted by Crippen LogP contribution is -2.26. The Morgan fingerprint density at radius 3 is 2.36 bits per heavy atom. The van der Waals surface area contributed by atoms with E-state index in [0.29, 0.717) is 54.0 Å². The molecule has 0 fully saturated rings. The van der Waals surface area contributed by atoms with Gasteiger partial charge in [0.2, 0.25) is 0 Å². The molecule has 0 saturated heterocycles. The van der Waals surface area contributed by atoms with Crippen LogP contribution in [0.25, 0.3) is 33.1 Å². The number of nitrogens with zero attached hydrogens (tertiary/aromatic N) is 1. The van der Waals surface area contributed by atoms with Gasteiger partial charge in [0.15, 0.2) is 23.0 Å². The molecule has 1 amide bonds. The molecule has 5 aromatic rings. The highest BCUT2D eigenvalue weighted by atomic mass is 16.5. The van der Waals surface area contributed by atoms with Crippen molar-refractivity contribution in [2.45, 2.75) is 13.3 Å². The van der Waals surface area contributed by atoms with Gasteiger partial charge in [-0.2, -0.15) is 0 Å². The number of aromatic amines is 1. The van der Waals surface area contributed by atoms with Gasteiger partial charge in [0.1, 0.15) is 5.69 Å². The van der Waals surface area contributed by atoms with Crippen LogP contribution in [0, 0.1) is 0 Å². The SMILES string of the molecule is CCOc1ccc(-c2nc(C(=O)NCCc3ccc(OC)c(OC)c3)cc3c2[nH]c2ccccc23)cc1OC. The average molecular weight is 526 g/mol. The number of methoxy groups -OCH3 is 3. The van der Waals surface area contributed by atoms with Gasteiger partial charge in [0.25, 0.3) is 5.91 Å². The molecule has 0 bridgehead atoms. The molecule has 200 valence electrons. The van der Waals surface area contributed by atoms with Gasteiger partial charge in [-0.25, -0.2) is 4.98 Å². The Balaban J connectivity index is 1.48. The summed E-state index contributed by atoms with van der Waals surface area (Å²) in [7, 11) is 4.82. The van der Waals surface area contributed by atoms with Gasteiger partial charge in [0, 0.05) is 28.4 Å². The Bertz CT molecular complexity index is 1640. The van der Waals surface area contributed by atoms with Crippen LogP contribution in [-0.4, -0.2) is 50.4 Å². The van der Waals surface area contributed by atoms with Crippen LogP contribution in [0.1, 0.15) is 23.0 Å². The van der Waals surface area contributed by atoms with E-state index in [0.717, 1.165) is 32.9 Å². The van der Waals surface area contributed by atoms with Gasteiger partial charge in [-0.05, 0) is 61.4 Å². The highest BCUT2D eigenvalue weighted by Gasteiger charge is 2.18. The van der Waals surface area contributed by atoms with E-state index in [9.17, 15) is 4.79 Å². The number of hydrogen-bond acceptors (Lipinski definition) is 6. The first kappa shape index (κ1) is 25.9. The summed E-state index contributed by atoms with van der Waals surface area (Å²) < 4.78 is 22.0. The van der Waals surface area contributed by atoms with Crippen LogP contribution in [-0.2, 0) is 6.42 Å². The summed E-state index contributed by atoms with van der Waals surface area (Å²) >= 11 is 0. The van der Waals surface area contributed by atoms with Crippen molar-refractivity contribution in [1.29, 1.82) is 0 Å². The normalized spacial score (nSPS) is 11.0. The van der Waals surface area contributed by atoms with E-state index < -0.39 is 0 Å². The van der Waals surface area contributed by atoms with Crippen molar-refractivity contribution in [2.24, 2.45) is 0 Å². The van der Waals surface area contributed by atoms with Gasteiger partial charge in [-0.3, -0.25) is 4.79 Å². The fourth-order valence-corrected chi connectivity index (χ4v) is 4.71. The summed E-state index contributed by atoms with van der Waals surface area (Å²) in [5.74, 6) is 2.33. The molecule has 8 nitrogen and oxygen atoms in total. The Labute approximate surface area is 226 Å². The third-order valence-electron chi connectivity index (χ3n) is 6.61.